The smallest absolute Gasteiger partial charge is 0.387 e. The average Bonchev–Trinajstić information content (AvgIpc) is 3.51. The van der Waals surface area contributed by atoms with Crippen molar-refractivity contribution in [1.82, 2.24) is 14.7 Å². The first-order valence-corrected chi connectivity index (χ1v) is 10.4. The van der Waals surface area contributed by atoms with Crippen molar-refractivity contribution in [3.63, 3.8) is 0 Å². The Morgan fingerprint density at radius 3 is 2.68 bits per heavy atom. The zero-order valence-corrected chi connectivity index (χ0v) is 18.5. The molecule has 1 saturated carbocycles. The van der Waals surface area contributed by atoms with Crippen molar-refractivity contribution in [1.29, 1.82) is 5.26 Å². The number of ether oxygens (including phenoxy) is 2. The topological polar surface area (TPSA) is 109 Å². The number of methoxy groups -OCH3 is 1. The van der Waals surface area contributed by atoms with E-state index in [1.807, 2.05) is 6.07 Å². The lowest BCUT2D eigenvalue weighted by Gasteiger charge is -2.20. The van der Waals surface area contributed by atoms with E-state index in [0.29, 0.717) is 22.5 Å². The zero-order valence-electron chi connectivity index (χ0n) is 18.5. The van der Waals surface area contributed by atoms with Crippen LogP contribution in [0.1, 0.15) is 35.7 Å². The molecule has 176 valence electrons. The van der Waals surface area contributed by atoms with E-state index in [2.05, 4.69) is 21.6 Å². The first-order valence-electron chi connectivity index (χ1n) is 10.4. The van der Waals surface area contributed by atoms with Crippen LogP contribution in [0.2, 0.25) is 0 Å². The molecule has 4 rings (SSSR count). The largest absolute Gasteiger partial charge is 0.511 e. The van der Waals surface area contributed by atoms with Crippen LogP contribution in [0.3, 0.4) is 0 Å². The number of rotatable bonds is 8. The molecule has 0 spiro atoms. The molecular weight excluding hydrogens is 446 g/mol. The number of carbonyl (C=O) groups excluding carboxylic acids is 1. The van der Waals surface area contributed by atoms with Crippen molar-refractivity contribution >= 4 is 11.6 Å². The molecule has 10 heteroatoms. The van der Waals surface area contributed by atoms with Crippen LogP contribution in [0.25, 0.3) is 16.9 Å². The third-order valence-electron chi connectivity index (χ3n) is 5.83. The molecule has 34 heavy (non-hydrogen) atoms. The summed E-state index contributed by atoms with van der Waals surface area (Å²) in [6, 6.07) is 8.20. The highest BCUT2D eigenvalue weighted by Crippen LogP contribution is 2.37. The fourth-order valence-corrected chi connectivity index (χ4v) is 3.60. The molecule has 8 nitrogen and oxygen atoms in total. The van der Waals surface area contributed by atoms with E-state index in [1.54, 1.807) is 28.8 Å². The number of allylic oxidation sites excluding steroid dienone is 1. The number of aromatic nitrogens is 2. The summed E-state index contributed by atoms with van der Waals surface area (Å²) >= 11 is 0. The van der Waals surface area contributed by atoms with Crippen LogP contribution in [0.5, 0.6) is 11.5 Å². The maximum absolute atomic E-state index is 13.2. The van der Waals surface area contributed by atoms with Crippen LogP contribution in [-0.4, -0.2) is 40.2 Å². The lowest BCUT2D eigenvalue weighted by atomic mass is 9.83. The van der Waals surface area contributed by atoms with Gasteiger partial charge in [-0.2, -0.15) is 14.0 Å². The minimum atomic E-state index is -3.15. The van der Waals surface area contributed by atoms with Crippen molar-refractivity contribution in [2.45, 2.75) is 37.8 Å². The van der Waals surface area contributed by atoms with Crippen LogP contribution < -0.4 is 14.8 Å². The molecule has 1 fully saturated rings. The molecule has 0 saturated heterocycles. The number of alkyl halides is 2. The van der Waals surface area contributed by atoms with Crippen LogP contribution >= 0.6 is 0 Å². The maximum Gasteiger partial charge on any atom is 0.387 e. The monoisotopic (exact) mass is 468 g/mol. The summed E-state index contributed by atoms with van der Waals surface area (Å²) in [5.41, 5.74) is 0.423. The third kappa shape index (κ3) is 4.12. The van der Waals surface area contributed by atoms with Gasteiger partial charge in [-0.15, -0.1) is 0 Å². The number of carbonyl (C=O) groups is 1. The molecule has 1 aromatic carbocycles. The molecule has 1 unspecified atom stereocenters. The predicted octanol–water partition coefficient (Wildman–Crippen LogP) is 4.36. The number of aliphatic hydroxyl groups is 1. The molecule has 3 aromatic rings. The molecule has 2 aromatic heterocycles. The number of amides is 1. The Kier molecular flexibility index (Phi) is 5.87. The summed E-state index contributed by atoms with van der Waals surface area (Å²) in [5, 5.41) is 22.2. The fourth-order valence-electron chi connectivity index (χ4n) is 3.60. The number of nitrogens with zero attached hydrogens (tertiary/aromatic N) is 3. The summed E-state index contributed by atoms with van der Waals surface area (Å²) in [5.74, 6) is -1.09. The van der Waals surface area contributed by atoms with Gasteiger partial charge in [-0.1, -0.05) is 6.58 Å². The van der Waals surface area contributed by atoms with Crippen molar-refractivity contribution < 1.29 is 28.2 Å². The second kappa shape index (κ2) is 8.67. The van der Waals surface area contributed by atoms with Gasteiger partial charge in [-0.3, -0.25) is 9.20 Å². The number of aliphatic hydroxyl groups excluding tert-OH is 1. The molecule has 1 aliphatic carbocycles. The minimum absolute atomic E-state index is 0.0124. The summed E-state index contributed by atoms with van der Waals surface area (Å²) in [4.78, 5) is 17.1. The molecule has 2 N–H and O–H groups in total. The van der Waals surface area contributed by atoms with E-state index < -0.39 is 17.9 Å². The van der Waals surface area contributed by atoms with Gasteiger partial charge < -0.3 is 19.9 Å². The Bertz CT molecular complexity index is 1330. The number of imidazole rings is 1. The van der Waals surface area contributed by atoms with E-state index in [-0.39, 0.29) is 28.9 Å². The Hall–Kier alpha value is -4.13. The fraction of sp³-hybridized carbons (Fsp3) is 0.292. The van der Waals surface area contributed by atoms with Gasteiger partial charge in [-0.05, 0) is 49.6 Å². The molecule has 1 amide bonds. The number of pyridine rings is 1. The highest BCUT2D eigenvalue weighted by molar-refractivity contribution is 6.01. The van der Waals surface area contributed by atoms with Crippen molar-refractivity contribution in [2.75, 3.05) is 7.11 Å². The normalized spacial score (nSPS) is 14.9. The number of benzene rings is 1. The number of fused-ring (bicyclic) bond motifs is 1. The van der Waals surface area contributed by atoms with Gasteiger partial charge in [0.25, 0.3) is 5.91 Å². The van der Waals surface area contributed by atoms with Gasteiger partial charge in [0.05, 0.1) is 25.1 Å². The van der Waals surface area contributed by atoms with Gasteiger partial charge in [0.15, 0.2) is 0 Å². The Labute approximate surface area is 194 Å². The van der Waals surface area contributed by atoms with Crippen LogP contribution in [-0.2, 0) is 5.41 Å². The minimum Gasteiger partial charge on any atom is -0.511 e. The number of hydrogen-bond donors (Lipinski definition) is 2. The van der Waals surface area contributed by atoms with Gasteiger partial charge in [0.2, 0.25) is 0 Å². The average molecular weight is 468 g/mol. The highest BCUT2D eigenvalue weighted by Gasteiger charge is 2.31. The summed E-state index contributed by atoms with van der Waals surface area (Å²) in [6.45, 7) is 1.88. The van der Waals surface area contributed by atoms with Gasteiger partial charge in [0.1, 0.15) is 33.9 Å². The number of halogens is 2. The lowest BCUT2D eigenvalue weighted by molar-refractivity contribution is -0.0502. The molecule has 1 atom stereocenters. The van der Waals surface area contributed by atoms with Crippen LogP contribution in [0.15, 0.2) is 49.0 Å². The predicted molar refractivity (Wildman–Crippen MR) is 119 cm³/mol. The molecule has 1 aliphatic rings. The zero-order chi connectivity index (χ0) is 24.6. The molecular formula is C24H22F2N4O4. The molecule has 0 bridgehead atoms. The van der Waals surface area contributed by atoms with Crippen LogP contribution in [0, 0.1) is 11.3 Å². The van der Waals surface area contributed by atoms with E-state index in [0.717, 1.165) is 12.8 Å². The number of hydrogen-bond acceptors (Lipinski definition) is 6. The van der Waals surface area contributed by atoms with E-state index in [1.165, 1.54) is 26.3 Å². The molecule has 0 aliphatic heterocycles. The van der Waals surface area contributed by atoms with E-state index >= 15 is 0 Å². The van der Waals surface area contributed by atoms with Crippen LogP contribution in [0.4, 0.5) is 8.78 Å². The first-order chi connectivity index (χ1) is 16.2. The number of nitrogens with one attached hydrogen (secondary N) is 1. The van der Waals surface area contributed by atoms with E-state index in [4.69, 9.17) is 4.74 Å². The Morgan fingerprint density at radius 1 is 1.38 bits per heavy atom. The SMILES string of the molecule is C=C(O)C(C)(C#N)c1ccn2c(-c3cc(OC)c(C(=O)NC4CC4)c(OC(F)F)c3)cnc2c1. The number of nitriles is 1. The quantitative estimate of drug-likeness (QED) is 0.476. The van der Waals surface area contributed by atoms with Gasteiger partial charge in [-0.25, -0.2) is 4.98 Å². The lowest BCUT2D eigenvalue weighted by Crippen LogP contribution is -2.26. The molecule has 0 radical (unpaired) electrons. The van der Waals surface area contributed by atoms with Crippen molar-refractivity contribution in [2.24, 2.45) is 0 Å². The van der Waals surface area contributed by atoms with E-state index in [9.17, 15) is 23.9 Å². The summed E-state index contributed by atoms with van der Waals surface area (Å²) in [6.07, 6.45) is 4.81. The first kappa shape index (κ1) is 23.0. The summed E-state index contributed by atoms with van der Waals surface area (Å²) in [7, 11) is 1.34. The highest BCUT2D eigenvalue weighted by atomic mass is 19.3. The van der Waals surface area contributed by atoms with Crippen molar-refractivity contribution in [3.05, 3.63) is 60.1 Å². The van der Waals surface area contributed by atoms with Gasteiger partial charge in [0, 0.05) is 17.8 Å². The molecule has 2 heterocycles. The maximum atomic E-state index is 13.2. The third-order valence-corrected chi connectivity index (χ3v) is 5.83. The second-order valence-electron chi connectivity index (χ2n) is 8.15. The Morgan fingerprint density at radius 2 is 2.09 bits per heavy atom. The standard InChI is InChI=1S/C24H22F2N4O4/c1-13(31)24(2,12-27)15-6-7-30-17(11-28-20(30)10-15)14-8-18(33-3)21(19(9-14)34-23(25)26)22(32)29-16-4-5-16/h6-11,16,23,31H,1,4-5H2,2-3H3,(H,29,32). The van der Waals surface area contributed by atoms with Gasteiger partial charge >= 0.3 is 6.61 Å². The summed E-state index contributed by atoms with van der Waals surface area (Å²) < 4.78 is 38.1. The second-order valence-corrected chi connectivity index (χ2v) is 8.15. The Balaban J connectivity index is 1.82. The van der Waals surface area contributed by atoms with Crippen molar-refractivity contribution in [3.8, 4) is 28.8 Å².